The number of nitrogens with one attached hydrogen (secondary N) is 1. The Morgan fingerprint density at radius 1 is 0.789 bits per heavy atom. The first-order valence-corrected chi connectivity index (χ1v) is 7.85. The van der Waals surface area contributed by atoms with Crippen molar-refractivity contribution in [2.45, 2.75) is 0 Å². The Morgan fingerprint density at radius 3 is 2.53 bits per heavy atom. The molecule has 0 saturated carbocycles. The first kappa shape index (κ1) is 10.0. The molecule has 3 heteroatoms. The normalized spacial score (nSPS) is 12.2. The van der Waals surface area contributed by atoms with Crippen LogP contribution in [0, 0.1) is 0 Å². The van der Waals surface area contributed by atoms with Gasteiger partial charge in [0.2, 0.25) is 0 Å². The summed E-state index contributed by atoms with van der Waals surface area (Å²) in [5.41, 5.74) is 2.54. The Hall–Kier alpha value is -1.84. The van der Waals surface area contributed by atoms with Gasteiger partial charge >= 0.3 is 0 Å². The second-order valence-corrected chi connectivity index (χ2v) is 7.07. The van der Waals surface area contributed by atoms with Gasteiger partial charge in [0.25, 0.3) is 0 Å². The van der Waals surface area contributed by atoms with Gasteiger partial charge in [0, 0.05) is 26.4 Å². The van der Waals surface area contributed by atoms with E-state index >= 15 is 0 Å². The molecule has 0 aliphatic carbocycles. The van der Waals surface area contributed by atoms with E-state index in [2.05, 4.69) is 53.5 Å². The molecule has 0 amide bonds. The van der Waals surface area contributed by atoms with E-state index in [0.717, 1.165) is 0 Å². The molecule has 5 rings (SSSR count). The van der Waals surface area contributed by atoms with Crippen LogP contribution in [0.15, 0.2) is 48.5 Å². The molecular weight excluding hydrogens is 270 g/mol. The molecule has 0 fully saturated rings. The van der Waals surface area contributed by atoms with Gasteiger partial charge in [0.05, 0.1) is 14.2 Å². The first-order valence-electron chi connectivity index (χ1n) is 6.22. The van der Waals surface area contributed by atoms with Gasteiger partial charge < -0.3 is 4.98 Å². The van der Waals surface area contributed by atoms with Crippen molar-refractivity contribution in [1.82, 2.24) is 4.98 Å². The van der Waals surface area contributed by atoms with Crippen LogP contribution in [0.2, 0.25) is 0 Å². The van der Waals surface area contributed by atoms with E-state index in [1.807, 2.05) is 22.7 Å². The van der Waals surface area contributed by atoms with Crippen molar-refractivity contribution in [2.24, 2.45) is 0 Å². The molecule has 0 aliphatic heterocycles. The number of hydrogen-bond donors (Lipinski definition) is 1. The summed E-state index contributed by atoms with van der Waals surface area (Å²) in [4.78, 5) is 3.60. The highest BCUT2D eigenvalue weighted by molar-refractivity contribution is 7.44. The lowest BCUT2D eigenvalue weighted by atomic mass is 10.2. The minimum Gasteiger partial charge on any atom is -0.353 e. The largest absolute Gasteiger partial charge is 0.353 e. The van der Waals surface area contributed by atoms with Gasteiger partial charge in [-0.05, 0) is 12.1 Å². The van der Waals surface area contributed by atoms with Crippen molar-refractivity contribution in [2.75, 3.05) is 0 Å². The molecule has 90 valence electrons. The molecule has 0 radical (unpaired) electrons. The predicted molar refractivity (Wildman–Crippen MR) is 86.6 cm³/mol. The molecule has 2 aromatic carbocycles. The van der Waals surface area contributed by atoms with Crippen LogP contribution in [0.25, 0.3) is 40.6 Å². The molecule has 0 atom stereocenters. The van der Waals surface area contributed by atoms with Crippen LogP contribution in [-0.2, 0) is 0 Å². The summed E-state index contributed by atoms with van der Waals surface area (Å²) >= 11 is 3.81. The van der Waals surface area contributed by atoms with Gasteiger partial charge in [-0.1, -0.05) is 36.4 Å². The van der Waals surface area contributed by atoms with Crippen LogP contribution in [0.5, 0.6) is 0 Å². The third kappa shape index (κ3) is 1.19. The molecule has 5 aromatic rings. The van der Waals surface area contributed by atoms with Crippen molar-refractivity contribution >= 4 is 63.3 Å². The number of benzene rings is 2. The highest BCUT2D eigenvalue weighted by Crippen LogP contribution is 2.45. The second-order valence-electron chi connectivity index (χ2n) is 4.74. The van der Waals surface area contributed by atoms with Crippen molar-refractivity contribution < 1.29 is 0 Å². The van der Waals surface area contributed by atoms with Crippen LogP contribution in [0.3, 0.4) is 0 Å². The molecule has 3 aromatic heterocycles. The number of H-pyrrole nitrogens is 1. The summed E-state index contributed by atoms with van der Waals surface area (Å²) < 4.78 is 4.19. The average molecular weight is 279 g/mol. The molecule has 0 aliphatic rings. The van der Waals surface area contributed by atoms with Gasteiger partial charge in [0.1, 0.15) is 0 Å². The number of thiophene rings is 2. The van der Waals surface area contributed by atoms with Gasteiger partial charge in [0.15, 0.2) is 0 Å². The summed E-state index contributed by atoms with van der Waals surface area (Å²) in [6, 6.07) is 17.2. The summed E-state index contributed by atoms with van der Waals surface area (Å²) in [6.45, 7) is 0. The molecule has 3 heterocycles. The minimum atomic E-state index is 1.24. The maximum atomic E-state index is 3.60. The standard InChI is InChI=1S/C16H9NS2/c1-3-7-11-9(5-1)15-14(17-11)13-10-6-2-4-8-12(10)18-16(13)19-15/h1-8,17H. The van der Waals surface area contributed by atoms with E-state index in [1.165, 1.54) is 40.6 Å². The highest BCUT2D eigenvalue weighted by atomic mass is 32.2. The fraction of sp³-hybridized carbons (Fsp3) is 0. The Morgan fingerprint density at radius 2 is 1.58 bits per heavy atom. The lowest BCUT2D eigenvalue weighted by molar-refractivity contribution is 1.57. The first-order chi connectivity index (χ1) is 9.42. The van der Waals surface area contributed by atoms with E-state index in [0.29, 0.717) is 0 Å². The summed E-state index contributed by atoms with van der Waals surface area (Å²) in [7, 11) is 0. The van der Waals surface area contributed by atoms with E-state index in [9.17, 15) is 0 Å². The van der Waals surface area contributed by atoms with Crippen molar-refractivity contribution in [3.8, 4) is 0 Å². The number of hydrogen-bond acceptors (Lipinski definition) is 2. The number of fused-ring (bicyclic) bond motifs is 7. The van der Waals surface area contributed by atoms with Crippen LogP contribution in [-0.4, -0.2) is 4.98 Å². The molecule has 0 bridgehead atoms. The van der Waals surface area contributed by atoms with Gasteiger partial charge in [-0.2, -0.15) is 0 Å². The number of rotatable bonds is 0. The molecule has 0 saturated heterocycles. The molecule has 19 heavy (non-hydrogen) atoms. The fourth-order valence-electron chi connectivity index (χ4n) is 2.82. The van der Waals surface area contributed by atoms with Crippen LogP contribution in [0.1, 0.15) is 0 Å². The average Bonchev–Trinajstić information content (AvgIpc) is 3.05. The van der Waals surface area contributed by atoms with Crippen LogP contribution >= 0.6 is 22.7 Å². The Labute approximate surface area is 117 Å². The van der Waals surface area contributed by atoms with E-state index in [-0.39, 0.29) is 0 Å². The third-order valence-electron chi connectivity index (χ3n) is 3.67. The summed E-state index contributed by atoms with van der Waals surface area (Å²) in [5, 5.41) is 4.12. The highest BCUT2D eigenvalue weighted by Gasteiger charge is 2.15. The number of para-hydroxylation sites is 1. The quantitative estimate of drug-likeness (QED) is 0.371. The number of aromatic amines is 1. The zero-order valence-corrected chi connectivity index (χ0v) is 11.6. The van der Waals surface area contributed by atoms with Gasteiger partial charge in [-0.15, -0.1) is 22.7 Å². The molecule has 0 spiro atoms. The SMILES string of the molecule is c1ccc2c(c1)[nH]c1c2sc2sc3ccccc3c21. The fourth-order valence-corrected chi connectivity index (χ4v) is 5.49. The maximum absolute atomic E-state index is 3.60. The topological polar surface area (TPSA) is 15.8 Å². The van der Waals surface area contributed by atoms with Gasteiger partial charge in [-0.3, -0.25) is 0 Å². The minimum absolute atomic E-state index is 1.24. The second kappa shape index (κ2) is 3.38. The van der Waals surface area contributed by atoms with E-state index in [4.69, 9.17) is 0 Å². The smallest absolute Gasteiger partial charge is 0.0905 e. The Bertz CT molecular complexity index is 1060. The summed E-state index contributed by atoms with van der Waals surface area (Å²) in [5.74, 6) is 0. The van der Waals surface area contributed by atoms with Gasteiger partial charge in [-0.25, -0.2) is 0 Å². The van der Waals surface area contributed by atoms with Crippen molar-refractivity contribution in [1.29, 1.82) is 0 Å². The zero-order valence-electron chi connectivity index (χ0n) is 9.94. The molecule has 1 nitrogen and oxygen atoms in total. The molecule has 0 unspecified atom stereocenters. The predicted octanol–water partition coefficient (Wildman–Crippen LogP) is 5.75. The van der Waals surface area contributed by atoms with Crippen LogP contribution in [0.4, 0.5) is 0 Å². The zero-order chi connectivity index (χ0) is 12.4. The Balaban J connectivity index is 2.12. The Kier molecular flexibility index (Phi) is 1.78. The lowest BCUT2D eigenvalue weighted by Gasteiger charge is -1.87. The van der Waals surface area contributed by atoms with Crippen molar-refractivity contribution in [3.63, 3.8) is 0 Å². The van der Waals surface area contributed by atoms with Crippen molar-refractivity contribution in [3.05, 3.63) is 48.5 Å². The molecular formula is C16H9NS2. The molecule has 1 N–H and O–H groups in total. The third-order valence-corrected chi connectivity index (χ3v) is 6.15. The lowest BCUT2D eigenvalue weighted by Crippen LogP contribution is -1.66. The van der Waals surface area contributed by atoms with Crippen LogP contribution < -0.4 is 0 Å². The van der Waals surface area contributed by atoms with E-state index in [1.54, 1.807) is 0 Å². The van der Waals surface area contributed by atoms with E-state index < -0.39 is 0 Å². The number of aromatic nitrogens is 1. The monoisotopic (exact) mass is 279 g/mol. The maximum Gasteiger partial charge on any atom is 0.0905 e. The summed E-state index contributed by atoms with van der Waals surface area (Å²) in [6.07, 6.45) is 0.